The van der Waals surface area contributed by atoms with Gasteiger partial charge in [0, 0.05) is 17.7 Å². The summed E-state index contributed by atoms with van der Waals surface area (Å²) < 4.78 is 0. The topological polar surface area (TPSA) is 53.5 Å². The van der Waals surface area contributed by atoms with Crippen LogP contribution in [0, 0.1) is 0 Å². The van der Waals surface area contributed by atoms with E-state index in [1.165, 1.54) is 5.56 Å². The number of hydrogen-bond donors (Lipinski definition) is 2. The van der Waals surface area contributed by atoms with Gasteiger partial charge in [-0.2, -0.15) is 5.10 Å². The van der Waals surface area contributed by atoms with Crippen LogP contribution in [-0.2, 0) is 0 Å². The molecule has 0 saturated heterocycles. The van der Waals surface area contributed by atoms with Crippen molar-refractivity contribution in [3.8, 4) is 0 Å². The molecule has 3 aromatic carbocycles. The van der Waals surface area contributed by atoms with E-state index in [1.54, 1.807) is 12.1 Å². The molecule has 4 nitrogen and oxygen atoms in total. The van der Waals surface area contributed by atoms with Gasteiger partial charge in [0.25, 0.3) is 5.91 Å². The van der Waals surface area contributed by atoms with Gasteiger partial charge in [0.15, 0.2) is 0 Å². The van der Waals surface area contributed by atoms with Crippen LogP contribution in [-0.4, -0.2) is 11.6 Å². The fourth-order valence-electron chi connectivity index (χ4n) is 3.04. The number of hydrazone groups is 1. The quantitative estimate of drug-likeness (QED) is 0.740. The number of carbonyl (C=O) groups is 1. The van der Waals surface area contributed by atoms with E-state index in [0.717, 1.165) is 23.4 Å². The highest BCUT2D eigenvalue weighted by Gasteiger charge is 2.20. The van der Waals surface area contributed by atoms with Crippen molar-refractivity contribution >= 4 is 17.3 Å². The molecule has 0 spiro atoms. The molecule has 0 radical (unpaired) electrons. The molecule has 2 N–H and O–H groups in total. The van der Waals surface area contributed by atoms with Crippen molar-refractivity contribution in [2.45, 2.75) is 12.5 Å². The van der Waals surface area contributed by atoms with E-state index in [4.69, 9.17) is 0 Å². The van der Waals surface area contributed by atoms with Crippen LogP contribution in [0.5, 0.6) is 0 Å². The zero-order valence-corrected chi connectivity index (χ0v) is 14.2. The van der Waals surface area contributed by atoms with Crippen molar-refractivity contribution in [1.82, 2.24) is 5.43 Å². The first-order valence-corrected chi connectivity index (χ1v) is 8.63. The zero-order chi connectivity index (χ0) is 17.8. The molecule has 26 heavy (non-hydrogen) atoms. The maximum absolute atomic E-state index is 12.2. The van der Waals surface area contributed by atoms with Crippen LogP contribution in [0.15, 0.2) is 90.0 Å². The second kappa shape index (κ2) is 7.23. The average molecular weight is 341 g/mol. The van der Waals surface area contributed by atoms with Crippen molar-refractivity contribution in [3.05, 3.63) is 102 Å². The van der Waals surface area contributed by atoms with E-state index in [-0.39, 0.29) is 11.9 Å². The average Bonchev–Trinajstić information content (AvgIpc) is 3.20. The van der Waals surface area contributed by atoms with Gasteiger partial charge in [0.05, 0.1) is 11.8 Å². The first-order valence-electron chi connectivity index (χ1n) is 8.63. The second-order valence-corrected chi connectivity index (χ2v) is 6.25. The Kier molecular flexibility index (Phi) is 4.48. The van der Waals surface area contributed by atoms with Gasteiger partial charge in [-0.3, -0.25) is 4.79 Å². The molecule has 0 fully saturated rings. The Labute approximate surface area is 152 Å². The van der Waals surface area contributed by atoms with Crippen LogP contribution in [0.4, 0.5) is 5.69 Å². The molecular formula is C22H19N3O. The number of amides is 1. The molecule has 4 rings (SSSR count). The highest BCUT2D eigenvalue weighted by Crippen LogP contribution is 2.24. The third-order valence-electron chi connectivity index (χ3n) is 4.47. The van der Waals surface area contributed by atoms with Crippen LogP contribution in [0.25, 0.3) is 0 Å². The van der Waals surface area contributed by atoms with E-state index >= 15 is 0 Å². The van der Waals surface area contributed by atoms with Crippen molar-refractivity contribution < 1.29 is 4.79 Å². The highest BCUT2D eigenvalue weighted by atomic mass is 16.1. The molecule has 0 aliphatic carbocycles. The van der Waals surface area contributed by atoms with Gasteiger partial charge in [-0.1, -0.05) is 60.7 Å². The lowest BCUT2D eigenvalue weighted by atomic mass is 9.99. The first kappa shape index (κ1) is 16.1. The minimum atomic E-state index is -0.109. The van der Waals surface area contributed by atoms with E-state index < -0.39 is 0 Å². The Morgan fingerprint density at radius 1 is 0.885 bits per heavy atom. The van der Waals surface area contributed by atoms with Crippen molar-refractivity contribution in [3.63, 3.8) is 0 Å². The summed E-state index contributed by atoms with van der Waals surface area (Å²) in [5.41, 5.74) is 7.95. The Morgan fingerprint density at radius 3 is 2.23 bits per heavy atom. The molecule has 1 unspecified atom stereocenters. The number of nitrogens with zero attached hydrogens (tertiary/aromatic N) is 1. The third-order valence-corrected chi connectivity index (χ3v) is 4.47. The lowest BCUT2D eigenvalue weighted by molar-refractivity contribution is 0.102. The molecule has 1 heterocycles. The summed E-state index contributed by atoms with van der Waals surface area (Å²) in [6.45, 7) is 0. The van der Waals surface area contributed by atoms with Gasteiger partial charge < -0.3 is 10.7 Å². The molecule has 0 bridgehead atoms. The van der Waals surface area contributed by atoms with Crippen LogP contribution >= 0.6 is 0 Å². The minimum Gasteiger partial charge on any atom is -0.322 e. The van der Waals surface area contributed by atoms with Gasteiger partial charge >= 0.3 is 0 Å². The molecule has 4 heteroatoms. The van der Waals surface area contributed by atoms with Crippen LogP contribution < -0.4 is 10.7 Å². The third kappa shape index (κ3) is 3.49. The maximum atomic E-state index is 12.2. The van der Waals surface area contributed by atoms with Crippen LogP contribution in [0.3, 0.4) is 0 Å². The van der Waals surface area contributed by atoms with Crippen molar-refractivity contribution in [2.75, 3.05) is 5.32 Å². The summed E-state index contributed by atoms with van der Waals surface area (Å²) in [5, 5.41) is 7.40. The van der Waals surface area contributed by atoms with Gasteiger partial charge in [0.2, 0.25) is 0 Å². The molecule has 0 aromatic heterocycles. The normalized spacial score (nSPS) is 15.8. The predicted molar refractivity (Wildman–Crippen MR) is 104 cm³/mol. The molecule has 128 valence electrons. The van der Waals surface area contributed by atoms with Gasteiger partial charge in [-0.25, -0.2) is 0 Å². The monoisotopic (exact) mass is 341 g/mol. The number of hydrogen-bond acceptors (Lipinski definition) is 3. The summed E-state index contributed by atoms with van der Waals surface area (Å²) in [7, 11) is 0. The fourth-order valence-corrected chi connectivity index (χ4v) is 3.04. The molecule has 3 aromatic rings. The summed E-state index contributed by atoms with van der Waals surface area (Å²) in [6.07, 6.45) is 0.847. The maximum Gasteiger partial charge on any atom is 0.255 e. The Hall–Kier alpha value is -3.40. The first-order chi connectivity index (χ1) is 12.8. The van der Waals surface area contributed by atoms with Gasteiger partial charge in [-0.05, 0) is 35.4 Å². The number of carbonyl (C=O) groups excluding carboxylic acids is 1. The Bertz CT molecular complexity index is 919. The summed E-state index contributed by atoms with van der Waals surface area (Å²) in [6, 6.07) is 27.5. The van der Waals surface area contributed by atoms with Crippen LogP contribution in [0.2, 0.25) is 0 Å². The largest absolute Gasteiger partial charge is 0.322 e. The Morgan fingerprint density at radius 2 is 1.54 bits per heavy atom. The van der Waals surface area contributed by atoms with Crippen molar-refractivity contribution in [1.29, 1.82) is 0 Å². The van der Waals surface area contributed by atoms with E-state index in [9.17, 15) is 4.79 Å². The Balaban J connectivity index is 1.41. The predicted octanol–water partition coefficient (Wildman–Crippen LogP) is 4.38. The molecule has 1 atom stereocenters. The lowest BCUT2D eigenvalue weighted by Gasteiger charge is -2.09. The second-order valence-electron chi connectivity index (χ2n) is 6.25. The fraction of sp³-hybridized carbons (Fsp3) is 0.0909. The molecule has 1 amide bonds. The van der Waals surface area contributed by atoms with Crippen LogP contribution in [0.1, 0.15) is 33.9 Å². The molecule has 1 aliphatic heterocycles. The standard InChI is InChI=1S/C22H19N3O/c26-22(18-9-5-2-6-10-18)23-19-13-11-17(12-14-19)21-15-20(24-25-21)16-7-3-1-4-8-16/h1-14,20,24H,15H2,(H,23,26). The summed E-state index contributed by atoms with van der Waals surface area (Å²) in [4.78, 5) is 12.2. The van der Waals surface area contributed by atoms with E-state index in [0.29, 0.717) is 5.56 Å². The number of anilines is 1. The number of rotatable bonds is 4. The minimum absolute atomic E-state index is 0.109. The van der Waals surface area contributed by atoms with Gasteiger partial charge in [-0.15, -0.1) is 0 Å². The number of nitrogens with one attached hydrogen (secondary N) is 2. The highest BCUT2D eigenvalue weighted by molar-refractivity contribution is 6.05. The molecular weight excluding hydrogens is 322 g/mol. The lowest BCUT2D eigenvalue weighted by Crippen LogP contribution is -2.11. The smallest absolute Gasteiger partial charge is 0.255 e. The SMILES string of the molecule is O=C(Nc1ccc(C2=NNC(c3ccccc3)C2)cc1)c1ccccc1. The number of benzene rings is 3. The van der Waals surface area contributed by atoms with E-state index in [2.05, 4.69) is 28.0 Å². The van der Waals surface area contributed by atoms with Gasteiger partial charge in [0.1, 0.15) is 0 Å². The van der Waals surface area contributed by atoms with E-state index in [1.807, 2.05) is 60.7 Å². The molecule has 0 saturated carbocycles. The molecule has 1 aliphatic rings. The summed E-state index contributed by atoms with van der Waals surface area (Å²) >= 11 is 0. The van der Waals surface area contributed by atoms with Crippen molar-refractivity contribution in [2.24, 2.45) is 5.10 Å². The zero-order valence-electron chi connectivity index (χ0n) is 14.2. The summed E-state index contributed by atoms with van der Waals surface area (Å²) in [5.74, 6) is -0.109.